The molecule has 0 aliphatic carbocycles. The van der Waals surface area contributed by atoms with Crippen molar-refractivity contribution < 1.29 is 4.74 Å². The van der Waals surface area contributed by atoms with Gasteiger partial charge in [0.25, 0.3) is 0 Å². The summed E-state index contributed by atoms with van der Waals surface area (Å²) in [6, 6.07) is 16.9. The molecular formula is C17H20BrNO. The average molecular weight is 334 g/mol. The number of hydrogen-bond donors (Lipinski definition) is 1. The van der Waals surface area contributed by atoms with Gasteiger partial charge in [0, 0.05) is 4.47 Å². The molecule has 0 heterocycles. The third-order valence-corrected chi connectivity index (χ3v) is 3.78. The SMILES string of the molecule is CCCNC(c1ccc(Br)cc1)c1ccc(OC)cc1. The zero-order chi connectivity index (χ0) is 14.4. The maximum absolute atomic E-state index is 5.22. The van der Waals surface area contributed by atoms with Gasteiger partial charge in [0.2, 0.25) is 0 Å². The molecular weight excluding hydrogens is 314 g/mol. The number of nitrogens with one attached hydrogen (secondary N) is 1. The van der Waals surface area contributed by atoms with Crippen LogP contribution in [0.1, 0.15) is 30.5 Å². The third kappa shape index (κ3) is 3.84. The molecule has 2 rings (SSSR count). The molecule has 0 saturated carbocycles. The van der Waals surface area contributed by atoms with E-state index in [1.165, 1.54) is 11.1 Å². The number of ether oxygens (including phenoxy) is 1. The Kier molecular flexibility index (Phi) is 5.62. The summed E-state index contributed by atoms with van der Waals surface area (Å²) in [4.78, 5) is 0. The average Bonchev–Trinajstić information content (AvgIpc) is 2.50. The first-order valence-electron chi connectivity index (χ1n) is 6.87. The zero-order valence-electron chi connectivity index (χ0n) is 11.9. The molecule has 1 N–H and O–H groups in total. The van der Waals surface area contributed by atoms with Crippen LogP contribution in [-0.2, 0) is 0 Å². The van der Waals surface area contributed by atoms with Crippen LogP contribution in [-0.4, -0.2) is 13.7 Å². The Morgan fingerprint density at radius 1 is 1.00 bits per heavy atom. The van der Waals surface area contributed by atoms with Gasteiger partial charge in [0.1, 0.15) is 5.75 Å². The third-order valence-electron chi connectivity index (χ3n) is 3.25. The fourth-order valence-electron chi connectivity index (χ4n) is 2.17. The maximum atomic E-state index is 5.22. The van der Waals surface area contributed by atoms with Crippen molar-refractivity contribution in [3.63, 3.8) is 0 Å². The van der Waals surface area contributed by atoms with Crippen molar-refractivity contribution in [1.82, 2.24) is 5.32 Å². The molecule has 0 aromatic heterocycles. The first kappa shape index (κ1) is 15.1. The summed E-state index contributed by atoms with van der Waals surface area (Å²) in [6.45, 7) is 3.17. The highest BCUT2D eigenvalue weighted by Crippen LogP contribution is 2.25. The lowest BCUT2D eigenvalue weighted by atomic mass is 9.98. The lowest BCUT2D eigenvalue weighted by Gasteiger charge is -2.20. The number of rotatable bonds is 6. The number of halogens is 1. The van der Waals surface area contributed by atoms with Crippen molar-refractivity contribution in [3.8, 4) is 5.75 Å². The van der Waals surface area contributed by atoms with E-state index in [-0.39, 0.29) is 6.04 Å². The Bertz CT molecular complexity index is 522. The van der Waals surface area contributed by atoms with Crippen LogP contribution in [0.3, 0.4) is 0 Å². The van der Waals surface area contributed by atoms with Gasteiger partial charge in [-0.1, -0.05) is 47.1 Å². The lowest BCUT2D eigenvalue weighted by Crippen LogP contribution is -2.23. The minimum Gasteiger partial charge on any atom is -0.497 e. The van der Waals surface area contributed by atoms with E-state index >= 15 is 0 Å². The van der Waals surface area contributed by atoms with Gasteiger partial charge >= 0.3 is 0 Å². The molecule has 0 aliphatic heterocycles. The topological polar surface area (TPSA) is 21.3 Å². The van der Waals surface area contributed by atoms with E-state index < -0.39 is 0 Å². The molecule has 0 aliphatic rings. The Hall–Kier alpha value is -1.32. The van der Waals surface area contributed by atoms with E-state index in [4.69, 9.17) is 4.74 Å². The molecule has 0 fully saturated rings. The van der Waals surface area contributed by atoms with Crippen LogP contribution in [0.5, 0.6) is 5.75 Å². The van der Waals surface area contributed by atoms with Gasteiger partial charge in [-0.3, -0.25) is 0 Å². The summed E-state index contributed by atoms with van der Waals surface area (Å²) < 4.78 is 6.33. The standard InChI is InChI=1S/C17H20BrNO/c1-3-12-19-17(13-4-8-15(18)9-5-13)14-6-10-16(20-2)11-7-14/h4-11,17,19H,3,12H2,1-2H3. The van der Waals surface area contributed by atoms with Crippen LogP contribution >= 0.6 is 15.9 Å². The summed E-state index contributed by atoms with van der Waals surface area (Å²) in [6.07, 6.45) is 1.11. The molecule has 0 saturated heterocycles. The Morgan fingerprint density at radius 2 is 1.55 bits per heavy atom. The van der Waals surface area contributed by atoms with Crippen LogP contribution in [0.25, 0.3) is 0 Å². The number of hydrogen-bond acceptors (Lipinski definition) is 2. The molecule has 0 amide bonds. The highest BCUT2D eigenvalue weighted by atomic mass is 79.9. The highest BCUT2D eigenvalue weighted by Gasteiger charge is 2.13. The number of benzene rings is 2. The predicted octanol–water partition coefficient (Wildman–Crippen LogP) is 4.55. The summed E-state index contributed by atoms with van der Waals surface area (Å²) in [7, 11) is 1.69. The monoisotopic (exact) mass is 333 g/mol. The van der Waals surface area contributed by atoms with E-state index in [1.807, 2.05) is 12.1 Å². The van der Waals surface area contributed by atoms with E-state index in [2.05, 4.69) is 64.6 Å². The normalized spacial score (nSPS) is 12.2. The quantitative estimate of drug-likeness (QED) is 0.837. The number of methoxy groups -OCH3 is 1. The molecule has 3 heteroatoms. The predicted molar refractivity (Wildman–Crippen MR) is 87.3 cm³/mol. The Balaban J connectivity index is 2.27. The van der Waals surface area contributed by atoms with Crippen molar-refractivity contribution in [3.05, 3.63) is 64.1 Å². The van der Waals surface area contributed by atoms with Gasteiger partial charge in [0.05, 0.1) is 13.2 Å². The second-order valence-corrected chi connectivity index (χ2v) is 5.63. The van der Waals surface area contributed by atoms with Crippen molar-refractivity contribution in [2.45, 2.75) is 19.4 Å². The minimum atomic E-state index is 0.217. The molecule has 1 atom stereocenters. The van der Waals surface area contributed by atoms with Gasteiger partial charge in [-0.15, -0.1) is 0 Å². The first-order chi connectivity index (χ1) is 9.74. The van der Waals surface area contributed by atoms with Gasteiger partial charge in [-0.2, -0.15) is 0 Å². The van der Waals surface area contributed by atoms with Crippen molar-refractivity contribution >= 4 is 15.9 Å². The largest absolute Gasteiger partial charge is 0.497 e. The van der Waals surface area contributed by atoms with E-state index in [0.717, 1.165) is 23.2 Å². The highest BCUT2D eigenvalue weighted by molar-refractivity contribution is 9.10. The summed E-state index contributed by atoms with van der Waals surface area (Å²) in [5.41, 5.74) is 2.52. The fraction of sp³-hybridized carbons (Fsp3) is 0.294. The summed E-state index contributed by atoms with van der Waals surface area (Å²) in [5, 5.41) is 3.60. The van der Waals surface area contributed by atoms with Crippen LogP contribution in [0.4, 0.5) is 0 Å². The van der Waals surface area contributed by atoms with E-state index in [0.29, 0.717) is 0 Å². The lowest BCUT2D eigenvalue weighted by molar-refractivity contribution is 0.414. The van der Waals surface area contributed by atoms with E-state index in [1.54, 1.807) is 7.11 Å². The Morgan fingerprint density at radius 3 is 2.05 bits per heavy atom. The molecule has 0 radical (unpaired) electrons. The van der Waals surface area contributed by atoms with Crippen LogP contribution in [0.2, 0.25) is 0 Å². The molecule has 2 nitrogen and oxygen atoms in total. The molecule has 1 unspecified atom stereocenters. The molecule has 2 aromatic rings. The zero-order valence-corrected chi connectivity index (χ0v) is 13.5. The second-order valence-electron chi connectivity index (χ2n) is 4.71. The first-order valence-corrected chi connectivity index (χ1v) is 7.66. The minimum absolute atomic E-state index is 0.217. The molecule has 0 spiro atoms. The molecule has 20 heavy (non-hydrogen) atoms. The van der Waals surface area contributed by atoms with Crippen LogP contribution in [0.15, 0.2) is 53.0 Å². The van der Waals surface area contributed by atoms with Gasteiger partial charge in [-0.25, -0.2) is 0 Å². The van der Waals surface area contributed by atoms with Gasteiger partial charge in [-0.05, 0) is 48.4 Å². The van der Waals surface area contributed by atoms with Crippen molar-refractivity contribution in [2.24, 2.45) is 0 Å². The fourth-order valence-corrected chi connectivity index (χ4v) is 2.43. The molecule has 106 valence electrons. The van der Waals surface area contributed by atoms with Crippen molar-refractivity contribution in [2.75, 3.05) is 13.7 Å². The van der Waals surface area contributed by atoms with Crippen LogP contribution in [0, 0.1) is 0 Å². The maximum Gasteiger partial charge on any atom is 0.118 e. The second kappa shape index (κ2) is 7.46. The summed E-state index contributed by atoms with van der Waals surface area (Å²) in [5.74, 6) is 0.888. The van der Waals surface area contributed by atoms with Crippen molar-refractivity contribution in [1.29, 1.82) is 0 Å². The Labute approximate surface area is 129 Å². The van der Waals surface area contributed by atoms with Gasteiger partial charge < -0.3 is 10.1 Å². The molecule has 2 aromatic carbocycles. The van der Waals surface area contributed by atoms with E-state index in [9.17, 15) is 0 Å². The smallest absolute Gasteiger partial charge is 0.118 e. The van der Waals surface area contributed by atoms with Gasteiger partial charge in [0.15, 0.2) is 0 Å². The summed E-state index contributed by atoms with van der Waals surface area (Å²) >= 11 is 3.49. The van der Waals surface area contributed by atoms with Crippen LogP contribution < -0.4 is 10.1 Å². The molecule has 0 bridgehead atoms.